The van der Waals surface area contributed by atoms with E-state index in [2.05, 4.69) is 13.8 Å². The molecular weight excluding hydrogens is 246 g/mol. The van der Waals surface area contributed by atoms with Gasteiger partial charge in [0.2, 0.25) is 0 Å². The molecule has 3 nitrogen and oxygen atoms in total. The number of thioether (sulfide) groups is 1. The van der Waals surface area contributed by atoms with Gasteiger partial charge in [-0.25, -0.2) is 0 Å². The Morgan fingerprint density at radius 2 is 2.22 bits per heavy atom. The molecule has 2 atom stereocenters. The second-order valence-corrected chi connectivity index (χ2v) is 6.93. The monoisotopic (exact) mass is 273 g/mol. The maximum atomic E-state index is 11.8. The molecule has 0 aromatic carbocycles. The fraction of sp³-hybridized carbons (Fsp3) is 0.929. The summed E-state index contributed by atoms with van der Waals surface area (Å²) in [7, 11) is 1.43. The van der Waals surface area contributed by atoms with Crippen LogP contribution in [0.25, 0.3) is 0 Å². The lowest BCUT2D eigenvalue weighted by molar-refractivity contribution is -0.148. The van der Waals surface area contributed by atoms with Gasteiger partial charge < -0.3 is 10.5 Å². The third kappa shape index (κ3) is 4.16. The van der Waals surface area contributed by atoms with Crippen LogP contribution in [0.1, 0.15) is 46.0 Å². The summed E-state index contributed by atoms with van der Waals surface area (Å²) < 4.78 is 4.86. The van der Waals surface area contributed by atoms with Crippen LogP contribution < -0.4 is 5.73 Å². The predicted molar refractivity (Wildman–Crippen MR) is 77.7 cm³/mol. The minimum atomic E-state index is -0.715. The van der Waals surface area contributed by atoms with Crippen molar-refractivity contribution in [2.45, 2.75) is 51.5 Å². The zero-order chi connectivity index (χ0) is 13.6. The number of nitrogens with two attached hydrogens (primary N) is 1. The molecule has 4 heteroatoms. The molecule has 0 aromatic rings. The molecule has 18 heavy (non-hydrogen) atoms. The molecule has 1 fully saturated rings. The first-order valence-electron chi connectivity index (χ1n) is 6.95. The molecule has 0 bridgehead atoms. The van der Waals surface area contributed by atoms with Crippen LogP contribution in [-0.2, 0) is 9.53 Å². The van der Waals surface area contributed by atoms with Gasteiger partial charge in [-0.3, -0.25) is 4.79 Å². The van der Waals surface area contributed by atoms with Crippen LogP contribution >= 0.6 is 11.8 Å². The summed E-state index contributed by atoms with van der Waals surface area (Å²) in [6.07, 6.45) is 5.19. The molecule has 106 valence electrons. The SMILES string of the molecule is COC(=O)C1(N)CCCC1CCSCCC(C)C. The van der Waals surface area contributed by atoms with Crippen LogP contribution in [-0.4, -0.2) is 30.1 Å². The van der Waals surface area contributed by atoms with Gasteiger partial charge in [0.1, 0.15) is 5.54 Å². The minimum absolute atomic E-state index is 0.225. The Hall–Kier alpha value is -0.220. The zero-order valence-electron chi connectivity index (χ0n) is 11.9. The standard InChI is InChI=1S/C14H27NO2S/c1-11(2)6-9-18-10-7-12-5-4-8-14(12,15)13(16)17-3/h11-12H,4-10,15H2,1-3H3. The predicted octanol–water partition coefficient (Wildman–Crippen LogP) is 2.83. The Balaban J connectivity index is 2.30. The molecule has 0 heterocycles. The Bertz CT molecular complexity index is 271. The molecule has 2 N–H and O–H groups in total. The highest BCUT2D eigenvalue weighted by Crippen LogP contribution is 2.37. The lowest BCUT2D eigenvalue weighted by Crippen LogP contribution is -2.51. The van der Waals surface area contributed by atoms with Crippen molar-refractivity contribution in [3.63, 3.8) is 0 Å². The summed E-state index contributed by atoms with van der Waals surface area (Å²) >= 11 is 1.98. The van der Waals surface area contributed by atoms with Crippen molar-refractivity contribution in [3.05, 3.63) is 0 Å². The molecule has 2 unspecified atom stereocenters. The molecule has 1 rings (SSSR count). The van der Waals surface area contributed by atoms with Crippen molar-refractivity contribution in [3.8, 4) is 0 Å². The average molecular weight is 273 g/mol. The topological polar surface area (TPSA) is 52.3 Å². The highest BCUT2D eigenvalue weighted by molar-refractivity contribution is 7.99. The first kappa shape index (κ1) is 15.8. The van der Waals surface area contributed by atoms with Crippen molar-refractivity contribution >= 4 is 17.7 Å². The molecular formula is C14H27NO2S. The maximum Gasteiger partial charge on any atom is 0.326 e. The van der Waals surface area contributed by atoms with Crippen molar-refractivity contribution in [2.75, 3.05) is 18.6 Å². The van der Waals surface area contributed by atoms with E-state index in [-0.39, 0.29) is 5.97 Å². The summed E-state index contributed by atoms with van der Waals surface area (Å²) in [6.45, 7) is 4.50. The Labute approximate surface area is 115 Å². The fourth-order valence-corrected chi connectivity index (χ4v) is 3.90. The van der Waals surface area contributed by atoms with E-state index in [0.29, 0.717) is 5.92 Å². The van der Waals surface area contributed by atoms with E-state index in [1.807, 2.05) is 11.8 Å². The second kappa shape index (κ2) is 7.39. The number of methoxy groups -OCH3 is 1. The molecule has 0 saturated heterocycles. The van der Waals surface area contributed by atoms with Gasteiger partial charge >= 0.3 is 5.97 Å². The van der Waals surface area contributed by atoms with E-state index >= 15 is 0 Å². The normalized spacial score (nSPS) is 27.7. The number of rotatable bonds is 7. The van der Waals surface area contributed by atoms with Gasteiger partial charge in [0.15, 0.2) is 0 Å². The second-order valence-electron chi connectivity index (χ2n) is 5.70. The lowest BCUT2D eigenvalue weighted by atomic mass is 9.86. The summed E-state index contributed by atoms with van der Waals surface area (Å²) in [6, 6.07) is 0. The first-order valence-corrected chi connectivity index (χ1v) is 8.11. The van der Waals surface area contributed by atoms with E-state index in [1.165, 1.54) is 19.3 Å². The van der Waals surface area contributed by atoms with Gasteiger partial charge in [-0.2, -0.15) is 11.8 Å². The van der Waals surface area contributed by atoms with Crippen LogP contribution in [0.5, 0.6) is 0 Å². The molecule has 0 spiro atoms. The molecule has 0 aliphatic heterocycles. The Kier molecular flexibility index (Phi) is 6.50. The summed E-state index contributed by atoms with van der Waals surface area (Å²) in [4.78, 5) is 11.8. The maximum absolute atomic E-state index is 11.8. The summed E-state index contributed by atoms with van der Waals surface area (Å²) in [5.41, 5.74) is 5.52. The number of esters is 1. The number of hydrogen-bond acceptors (Lipinski definition) is 4. The van der Waals surface area contributed by atoms with Crippen LogP contribution in [0.3, 0.4) is 0 Å². The summed E-state index contributed by atoms with van der Waals surface area (Å²) in [5.74, 6) is 3.16. The lowest BCUT2D eigenvalue weighted by Gasteiger charge is -2.28. The van der Waals surface area contributed by atoms with Crippen molar-refractivity contribution < 1.29 is 9.53 Å². The van der Waals surface area contributed by atoms with Crippen LogP contribution in [0, 0.1) is 11.8 Å². The Morgan fingerprint density at radius 3 is 2.83 bits per heavy atom. The molecule has 0 radical (unpaired) electrons. The van der Waals surface area contributed by atoms with E-state index in [4.69, 9.17) is 10.5 Å². The van der Waals surface area contributed by atoms with Crippen molar-refractivity contribution in [1.29, 1.82) is 0 Å². The van der Waals surface area contributed by atoms with Gasteiger partial charge in [0.25, 0.3) is 0 Å². The third-order valence-corrected chi connectivity index (χ3v) is 4.94. The third-order valence-electron chi connectivity index (χ3n) is 3.89. The highest BCUT2D eigenvalue weighted by Gasteiger charge is 2.46. The first-order chi connectivity index (χ1) is 8.50. The molecule has 1 saturated carbocycles. The quantitative estimate of drug-likeness (QED) is 0.572. The van der Waals surface area contributed by atoms with E-state index in [9.17, 15) is 4.79 Å². The number of hydrogen-bond donors (Lipinski definition) is 1. The van der Waals surface area contributed by atoms with Crippen molar-refractivity contribution in [2.24, 2.45) is 17.6 Å². The molecule has 0 aromatic heterocycles. The Morgan fingerprint density at radius 1 is 1.50 bits per heavy atom. The number of ether oxygens (including phenoxy) is 1. The van der Waals surface area contributed by atoms with Gasteiger partial charge in [-0.05, 0) is 49.0 Å². The van der Waals surface area contributed by atoms with Gasteiger partial charge in [0.05, 0.1) is 7.11 Å². The van der Waals surface area contributed by atoms with Gasteiger partial charge in [0, 0.05) is 0 Å². The minimum Gasteiger partial charge on any atom is -0.468 e. The van der Waals surface area contributed by atoms with Gasteiger partial charge in [-0.1, -0.05) is 20.3 Å². The van der Waals surface area contributed by atoms with Crippen molar-refractivity contribution in [1.82, 2.24) is 0 Å². The number of carbonyl (C=O) groups excluding carboxylic acids is 1. The van der Waals surface area contributed by atoms with E-state index < -0.39 is 5.54 Å². The molecule has 1 aliphatic carbocycles. The molecule has 0 amide bonds. The smallest absolute Gasteiger partial charge is 0.326 e. The van der Waals surface area contributed by atoms with Crippen LogP contribution in [0.4, 0.5) is 0 Å². The average Bonchev–Trinajstić information content (AvgIpc) is 2.70. The van der Waals surface area contributed by atoms with E-state index in [0.717, 1.165) is 37.4 Å². The van der Waals surface area contributed by atoms with Crippen LogP contribution in [0.15, 0.2) is 0 Å². The largest absolute Gasteiger partial charge is 0.468 e. The van der Waals surface area contributed by atoms with Gasteiger partial charge in [-0.15, -0.1) is 0 Å². The molecule has 1 aliphatic rings. The van der Waals surface area contributed by atoms with Crippen LogP contribution in [0.2, 0.25) is 0 Å². The number of carbonyl (C=O) groups is 1. The highest BCUT2D eigenvalue weighted by atomic mass is 32.2. The summed E-state index contributed by atoms with van der Waals surface area (Å²) in [5, 5.41) is 0. The fourth-order valence-electron chi connectivity index (χ4n) is 2.61. The van der Waals surface area contributed by atoms with E-state index in [1.54, 1.807) is 0 Å². The zero-order valence-corrected chi connectivity index (χ0v) is 12.7.